The highest BCUT2D eigenvalue weighted by molar-refractivity contribution is 7.91. The fraction of sp³-hybridized carbons (Fsp3) is 0.486. The molecule has 52 heavy (non-hydrogen) atoms. The molecule has 0 saturated heterocycles. The van der Waals surface area contributed by atoms with Gasteiger partial charge in [-0.3, -0.25) is 23.9 Å². The number of sulfonamides is 1. The number of allylic oxidation sites excluding steroid dienone is 1. The molecule has 14 nitrogen and oxygen atoms in total. The number of aromatic nitrogens is 4. The summed E-state index contributed by atoms with van der Waals surface area (Å²) in [5.41, 5.74) is -1.13. The minimum absolute atomic E-state index is 0.133. The zero-order chi connectivity index (χ0) is 37.4. The van der Waals surface area contributed by atoms with Gasteiger partial charge in [-0.1, -0.05) is 45.0 Å². The molecule has 3 fully saturated rings. The molecule has 6 rings (SSSR count). The van der Waals surface area contributed by atoms with Crippen LogP contribution < -0.4 is 20.1 Å². The first-order valence-corrected chi connectivity index (χ1v) is 19.0. The third-order valence-corrected chi connectivity index (χ3v) is 12.1. The number of tetrazole rings is 1. The van der Waals surface area contributed by atoms with Crippen LogP contribution in [0.5, 0.6) is 5.75 Å². The van der Waals surface area contributed by atoms with E-state index in [-0.39, 0.29) is 31.0 Å². The molecule has 3 amide bonds. The van der Waals surface area contributed by atoms with Gasteiger partial charge in [0.15, 0.2) is 5.78 Å². The van der Waals surface area contributed by atoms with E-state index in [0.29, 0.717) is 42.0 Å². The number of nitrogens with one attached hydrogen (secondary N) is 3. The summed E-state index contributed by atoms with van der Waals surface area (Å²) >= 11 is 0. The van der Waals surface area contributed by atoms with E-state index in [1.165, 1.54) is 4.80 Å². The third kappa shape index (κ3) is 7.64. The number of amides is 3. The van der Waals surface area contributed by atoms with Crippen LogP contribution in [-0.2, 0) is 24.4 Å². The lowest BCUT2D eigenvalue weighted by Crippen LogP contribution is -2.55. The first-order valence-electron chi connectivity index (χ1n) is 17.5. The fourth-order valence-electron chi connectivity index (χ4n) is 7.07. The van der Waals surface area contributed by atoms with Gasteiger partial charge in [0, 0.05) is 23.0 Å². The Kier molecular flexibility index (Phi) is 10.1. The second kappa shape index (κ2) is 14.2. The van der Waals surface area contributed by atoms with Crippen LogP contribution in [0, 0.1) is 23.2 Å². The number of carbonyl (C=O) groups is 4. The van der Waals surface area contributed by atoms with Gasteiger partial charge in [0.2, 0.25) is 21.8 Å². The largest absolute Gasteiger partial charge is 0.497 e. The van der Waals surface area contributed by atoms with Crippen LogP contribution in [0.1, 0.15) is 75.7 Å². The monoisotopic (exact) mass is 731 g/mol. The molecule has 2 aromatic carbocycles. The molecule has 0 aliphatic heterocycles. The number of methoxy groups -OCH3 is 1. The van der Waals surface area contributed by atoms with E-state index in [2.05, 4.69) is 37.3 Å². The molecule has 1 heterocycles. The van der Waals surface area contributed by atoms with Crippen molar-refractivity contribution in [2.45, 2.75) is 82.2 Å². The minimum atomic E-state index is -3.88. The molecule has 3 saturated carbocycles. The molecule has 2 unspecified atom stereocenters. The molecule has 1 aromatic heterocycles. The molecule has 0 spiro atoms. The fourth-order valence-corrected chi connectivity index (χ4v) is 8.43. The number of Topliss-reactive ketones (excluding diaryl/α,β-unsaturated/α-hetero) is 1. The van der Waals surface area contributed by atoms with Crippen molar-refractivity contribution in [3.05, 3.63) is 72.8 Å². The third-order valence-electron chi connectivity index (χ3n) is 10.3. The lowest BCUT2D eigenvalue weighted by molar-refractivity contribution is -0.137. The van der Waals surface area contributed by atoms with Crippen molar-refractivity contribution in [2.24, 2.45) is 23.2 Å². The summed E-state index contributed by atoms with van der Waals surface area (Å²) in [7, 11) is -2.32. The molecule has 0 radical (unpaired) electrons. The van der Waals surface area contributed by atoms with Gasteiger partial charge >= 0.3 is 0 Å². The number of carbonyl (C=O) groups excluding carboxylic acids is 4. The van der Waals surface area contributed by atoms with Crippen LogP contribution in [0.2, 0.25) is 0 Å². The van der Waals surface area contributed by atoms with Crippen LogP contribution in [0.3, 0.4) is 0 Å². The Bertz CT molecular complexity index is 1950. The van der Waals surface area contributed by atoms with Crippen molar-refractivity contribution < 1.29 is 32.3 Å². The number of rotatable bonds is 14. The predicted molar refractivity (Wildman–Crippen MR) is 191 cm³/mol. The summed E-state index contributed by atoms with van der Waals surface area (Å²) < 4.78 is 32.9. The predicted octanol–water partition coefficient (Wildman–Crippen LogP) is 3.39. The Morgan fingerprint density at radius 1 is 1.04 bits per heavy atom. The Hall–Kier alpha value is -4.92. The van der Waals surface area contributed by atoms with Crippen LogP contribution in [0.15, 0.2) is 67.3 Å². The maximum atomic E-state index is 14.6. The van der Waals surface area contributed by atoms with E-state index in [1.54, 1.807) is 67.8 Å². The maximum Gasteiger partial charge on any atom is 0.259 e. The Morgan fingerprint density at radius 2 is 1.71 bits per heavy atom. The zero-order valence-electron chi connectivity index (χ0n) is 29.7. The molecule has 3 aromatic rings. The van der Waals surface area contributed by atoms with Crippen molar-refractivity contribution in [1.29, 1.82) is 0 Å². The molecule has 6 atom stereocenters. The van der Waals surface area contributed by atoms with Gasteiger partial charge in [-0.15, -0.1) is 16.8 Å². The van der Waals surface area contributed by atoms with Crippen LogP contribution in [-0.4, -0.2) is 76.1 Å². The van der Waals surface area contributed by atoms with Gasteiger partial charge in [0.1, 0.15) is 11.3 Å². The van der Waals surface area contributed by atoms with E-state index in [4.69, 9.17) is 4.74 Å². The zero-order valence-corrected chi connectivity index (χ0v) is 30.6. The quantitative estimate of drug-likeness (QED) is 0.207. The molecular formula is C37H45N7O7S. The molecule has 0 bridgehead atoms. The van der Waals surface area contributed by atoms with Gasteiger partial charge in [0.25, 0.3) is 11.8 Å². The topological polar surface area (TPSA) is 191 Å². The molecule has 3 aliphatic carbocycles. The second-order valence-electron chi connectivity index (χ2n) is 15.1. The van der Waals surface area contributed by atoms with Crippen LogP contribution >= 0.6 is 0 Å². The molecule has 276 valence electrons. The van der Waals surface area contributed by atoms with Gasteiger partial charge in [0.05, 0.1) is 24.4 Å². The summed E-state index contributed by atoms with van der Waals surface area (Å²) in [5, 5.41) is 18.3. The van der Waals surface area contributed by atoms with E-state index in [1.807, 2.05) is 20.8 Å². The number of hydrogen-bond acceptors (Lipinski definition) is 10. The number of nitrogens with zero attached hydrogens (tertiary/aromatic N) is 4. The highest BCUT2D eigenvalue weighted by atomic mass is 32.2. The summed E-state index contributed by atoms with van der Waals surface area (Å²) in [6.45, 7) is 9.28. The molecule has 3 N–H and O–H groups in total. The van der Waals surface area contributed by atoms with E-state index in [0.717, 1.165) is 0 Å². The number of benzene rings is 2. The first-order chi connectivity index (χ1) is 24.7. The van der Waals surface area contributed by atoms with Gasteiger partial charge in [-0.25, -0.2) is 8.42 Å². The number of hydrogen-bond donors (Lipinski definition) is 3. The smallest absolute Gasteiger partial charge is 0.259 e. The molecule has 3 aliphatic rings. The average Bonchev–Trinajstić information content (AvgIpc) is 3.98. The second-order valence-corrected chi connectivity index (χ2v) is 17.1. The van der Waals surface area contributed by atoms with E-state index in [9.17, 15) is 27.6 Å². The Labute approximate surface area is 303 Å². The molecule has 15 heteroatoms. The van der Waals surface area contributed by atoms with Gasteiger partial charge < -0.3 is 15.4 Å². The van der Waals surface area contributed by atoms with E-state index < -0.39 is 67.9 Å². The Morgan fingerprint density at radius 3 is 2.33 bits per heavy atom. The van der Waals surface area contributed by atoms with Crippen molar-refractivity contribution in [1.82, 2.24) is 35.6 Å². The van der Waals surface area contributed by atoms with Crippen LogP contribution in [0.25, 0.3) is 11.4 Å². The summed E-state index contributed by atoms with van der Waals surface area (Å²) in [6.07, 6.45) is 3.46. The van der Waals surface area contributed by atoms with Crippen molar-refractivity contribution in [3.63, 3.8) is 0 Å². The van der Waals surface area contributed by atoms with Gasteiger partial charge in [-0.05, 0) is 91.5 Å². The van der Waals surface area contributed by atoms with Crippen molar-refractivity contribution in [3.8, 4) is 17.1 Å². The van der Waals surface area contributed by atoms with Crippen molar-refractivity contribution >= 4 is 33.5 Å². The first kappa shape index (κ1) is 36.9. The SMILES string of the molecule is C=CC[C@@H]1C[C@@]1(NC(=O)[C@@H]1C[C@@H](n2nnc(-c3ccc(OC)cc3)n2)CC1C(=O)C(NC(=O)c1ccccc1)C(C)(C)C)C(=O)NS(=O)(=O)C1CC1. The normalized spacial score (nSPS) is 24.7. The van der Waals surface area contributed by atoms with Gasteiger partial charge in [-0.2, -0.15) is 4.80 Å². The lowest BCUT2D eigenvalue weighted by atomic mass is 9.77. The van der Waals surface area contributed by atoms with Crippen LogP contribution in [0.4, 0.5) is 0 Å². The van der Waals surface area contributed by atoms with Crippen molar-refractivity contribution in [2.75, 3.05) is 7.11 Å². The molecular weight excluding hydrogens is 687 g/mol. The highest BCUT2D eigenvalue weighted by Gasteiger charge is 2.62. The maximum absolute atomic E-state index is 14.6. The Balaban J connectivity index is 1.30. The minimum Gasteiger partial charge on any atom is -0.497 e. The summed E-state index contributed by atoms with van der Waals surface area (Å²) in [6, 6.07) is 14.2. The lowest BCUT2D eigenvalue weighted by Gasteiger charge is -2.33. The average molecular weight is 732 g/mol. The van der Waals surface area contributed by atoms with E-state index >= 15 is 0 Å². The summed E-state index contributed by atoms with van der Waals surface area (Å²) in [4.78, 5) is 57.4. The summed E-state index contributed by atoms with van der Waals surface area (Å²) in [5.74, 6) is -3.35. The highest BCUT2D eigenvalue weighted by Crippen LogP contribution is 2.49. The standard InChI is InChI=1S/C37H45N7O7S/c1-6-10-24-21-37(24,35(48)42-52(49,50)27-17-18-27)39-34(47)29-20-25(44-41-32(40-43-44)22-13-15-26(51-5)16-14-22)19-28(29)30(45)31(36(2,3)4)38-33(46)23-11-8-7-9-12-23/h6-9,11-16,24-25,27-29,31H,1,10,17-21H2,2-5H3,(H,38,46)(H,39,47)(H,42,48)/t24-,25+,28?,29-,31?,37+/m1/s1. The number of ketones is 1. The number of ether oxygens (including phenoxy) is 1.